The number of aliphatic carboxylic acids is 1. The minimum atomic E-state index is -1.22. The van der Waals surface area contributed by atoms with E-state index in [1.807, 2.05) is 0 Å². The molecule has 0 aromatic carbocycles. The molecular formula is C13H21NO5. The Morgan fingerprint density at radius 1 is 1.21 bits per heavy atom. The molecule has 0 radical (unpaired) electrons. The van der Waals surface area contributed by atoms with E-state index in [1.165, 1.54) is 0 Å². The van der Waals surface area contributed by atoms with Crippen molar-refractivity contribution in [2.45, 2.75) is 37.6 Å². The molecule has 0 aromatic heterocycles. The highest BCUT2D eigenvalue weighted by atomic mass is 16.5. The van der Waals surface area contributed by atoms with Crippen LogP contribution in [0.5, 0.6) is 0 Å². The molecule has 1 amide bonds. The fourth-order valence-electron chi connectivity index (χ4n) is 2.59. The summed E-state index contributed by atoms with van der Waals surface area (Å²) in [5, 5.41) is 11.9. The van der Waals surface area contributed by atoms with Crippen LogP contribution in [0.2, 0.25) is 0 Å². The van der Waals surface area contributed by atoms with Crippen molar-refractivity contribution in [1.29, 1.82) is 0 Å². The molecule has 2 saturated heterocycles. The van der Waals surface area contributed by atoms with Crippen LogP contribution >= 0.6 is 0 Å². The summed E-state index contributed by atoms with van der Waals surface area (Å²) in [6, 6.07) is 0. The van der Waals surface area contributed by atoms with Crippen molar-refractivity contribution in [3.63, 3.8) is 0 Å². The van der Waals surface area contributed by atoms with Crippen LogP contribution in [0, 0.1) is 5.92 Å². The van der Waals surface area contributed by atoms with Crippen molar-refractivity contribution >= 4 is 11.9 Å². The number of hydrogen-bond acceptors (Lipinski definition) is 4. The van der Waals surface area contributed by atoms with Gasteiger partial charge in [-0.15, -0.1) is 0 Å². The zero-order valence-electron chi connectivity index (χ0n) is 11.0. The molecule has 2 N–H and O–H groups in total. The first-order valence-corrected chi connectivity index (χ1v) is 6.82. The molecule has 2 heterocycles. The van der Waals surface area contributed by atoms with Gasteiger partial charge >= 0.3 is 5.97 Å². The van der Waals surface area contributed by atoms with E-state index in [0.717, 1.165) is 32.5 Å². The Balaban J connectivity index is 1.78. The lowest BCUT2D eigenvalue weighted by atomic mass is 9.94. The number of amides is 1. The summed E-state index contributed by atoms with van der Waals surface area (Å²) in [6.07, 6.45) is 3.48. The molecule has 6 nitrogen and oxygen atoms in total. The quantitative estimate of drug-likeness (QED) is 0.763. The van der Waals surface area contributed by atoms with Gasteiger partial charge in [0, 0.05) is 32.7 Å². The lowest BCUT2D eigenvalue weighted by Gasteiger charge is -2.25. The van der Waals surface area contributed by atoms with E-state index in [1.54, 1.807) is 0 Å². The molecule has 1 atom stereocenters. The van der Waals surface area contributed by atoms with Crippen molar-refractivity contribution < 1.29 is 24.2 Å². The maximum atomic E-state index is 11.9. The lowest BCUT2D eigenvalue weighted by Crippen LogP contribution is -2.55. The second-order valence-electron chi connectivity index (χ2n) is 5.33. The molecule has 2 aliphatic heterocycles. The topological polar surface area (TPSA) is 84.9 Å². The summed E-state index contributed by atoms with van der Waals surface area (Å²) >= 11 is 0. The molecule has 6 heteroatoms. The third-order valence-corrected chi connectivity index (χ3v) is 3.93. The van der Waals surface area contributed by atoms with E-state index in [0.29, 0.717) is 25.4 Å². The summed E-state index contributed by atoms with van der Waals surface area (Å²) in [4.78, 5) is 23.1. The van der Waals surface area contributed by atoms with Crippen molar-refractivity contribution in [2.24, 2.45) is 5.92 Å². The van der Waals surface area contributed by atoms with Gasteiger partial charge in [-0.25, -0.2) is 4.79 Å². The Bertz CT molecular complexity index is 332. The van der Waals surface area contributed by atoms with Crippen LogP contribution in [0.25, 0.3) is 0 Å². The second kappa shape index (κ2) is 6.34. The van der Waals surface area contributed by atoms with E-state index in [-0.39, 0.29) is 12.5 Å². The first kappa shape index (κ1) is 14.3. The summed E-state index contributed by atoms with van der Waals surface area (Å²) in [7, 11) is 0. The Kier molecular flexibility index (Phi) is 4.76. The van der Waals surface area contributed by atoms with Crippen LogP contribution in [0.15, 0.2) is 0 Å². The van der Waals surface area contributed by atoms with Crippen LogP contribution in [0.4, 0.5) is 0 Å². The van der Waals surface area contributed by atoms with Crippen LogP contribution in [0.1, 0.15) is 32.1 Å². The fourth-order valence-corrected chi connectivity index (χ4v) is 2.59. The van der Waals surface area contributed by atoms with Crippen LogP contribution in [-0.4, -0.2) is 48.9 Å². The number of carboxylic acids is 1. The monoisotopic (exact) mass is 271 g/mol. The SMILES string of the molecule is O=C(CCC1CCOCC1)NC1(C(=O)O)CCOC1. The van der Waals surface area contributed by atoms with E-state index < -0.39 is 11.5 Å². The molecule has 2 aliphatic rings. The minimum absolute atomic E-state index is 0.0609. The fraction of sp³-hybridized carbons (Fsp3) is 0.846. The van der Waals surface area contributed by atoms with Gasteiger partial charge in [0.2, 0.25) is 5.91 Å². The van der Waals surface area contributed by atoms with Gasteiger partial charge in [-0.2, -0.15) is 0 Å². The Morgan fingerprint density at radius 3 is 2.53 bits per heavy atom. The van der Waals surface area contributed by atoms with Gasteiger partial charge in [0.25, 0.3) is 0 Å². The van der Waals surface area contributed by atoms with E-state index >= 15 is 0 Å². The molecule has 19 heavy (non-hydrogen) atoms. The largest absolute Gasteiger partial charge is 0.479 e. The maximum Gasteiger partial charge on any atom is 0.331 e. The summed E-state index contributed by atoms with van der Waals surface area (Å²) in [6.45, 7) is 1.97. The third kappa shape index (κ3) is 3.67. The summed E-state index contributed by atoms with van der Waals surface area (Å²) < 4.78 is 10.4. The van der Waals surface area contributed by atoms with Crippen molar-refractivity contribution in [2.75, 3.05) is 26.4 Å². The molecule has 1 unspecified atom stereocenters. The molecule has 108 valence electrons. The highest BCUT2D eigenvalue weighted by Crippen LogP contribution is 2.22. The third-order valence-electron chi connectivity index (χ3n) is 3.93. The zero-order chi connectivity index (χ0) is 13.7. The van der Waals surface area contributed by atoms with Gasteiger partial charge in [-0.3, -0.25) is 4.79 Å². The predicted octanol–water partition coefficient (Wildman–Crippen LogP) is 0.553. The van der Waals surface area contributed by atoms with Gasteiger partial charge in [0.15, 0.2) is 5.54 Å². The van der Waals surface area contributed by atoms with E-state index in [4.69, 9.17) is 9.47 Å². The first-order valence-electron chi connectivity index (χ1n) is 6.82. The number of carbonyl (C=O) groups is 2. The van der Waals surface area contributed by atoms with Crippen molar-refractivity contribution in [3.05, 3.63) is 0 Å². The second-order valence-corrected chi connectivity index (χ2v) is 5.33. The predicted molar refractivity (Wildman–Crippen MR) is 66.7 cm³/mol. The molecule has 0 bridgehead atoms. The number of nitrogens with one attached hydrogen (secondary N) is 1. The molecule has 0 aliphatic carbocycles. The summed E-state index contributed by atoms with van der Waals surface area (Å²) in [5.41, 5.74) is -1.22. The zero-order valence-corrected chi connectivity index (χ0v) is 11.0. The number of hydrogen-bond donors (Lipinski definition) is 2. The van der Waals surface area contributed by atoms with Gasteiger partial charge in [-0.05, 0) is 25.2 Å². The molecule has 0 spiro atoms. The smallest absolute Gasteiger partial charge is 0.331 e. The molecule has 0 saturated carbocycles. The first-order chi connectivity index (χ1) is 9.12. The number of carboxylic acid groups (broad SMARTS) is 1. The van der Waals surface area contributed by atoms with Crippen LogP contribution in [0.3, 0.4) is 0 Å². The lowest BCUT2D eigenvalue weighted by molar-refractivity contribution is -0.147. The molecule has 2 rings (SSSR count). The Morgan fingerprint density at radius 2 is 1.95 bits per heavy atom. The van der Waals surface area contributed by atoms with Gasteiger partial charge in [0.05, 0.1) is 6.61 Å². The van der Waals surface area contributed by atoms with E-state index in [2.05, 4.69) is 5.32 Å². The Labute approximate surface area is 112 Å². The highest BCUT2D eigenvalue weighted by molar-refractivity contribution is 5.87. The van der Waals surface area contributed by atoms with Crippen LogP contribution < -0.4 is 5.32 Å². The molecule has 2 fully saturated rings. The van der Waals surface area contributed by atoms with Crippen LogP contribution in [-0.2, 0) is 19.1 Å². The summed E-state index contributed by atoms with van der Waals surface area (Å²) in [5.74, 6) is -0.691. The molecular weight excluding hydrogens is 250 g/mol. The Hall–Kier alpha value is -1.14. The number of carbonyl (C=O) groups excluding carboxylic acids is 1. The minimum Gasteiger partial charge on any atom is -0.479 e. The number of ether oxygens (including phenoxy) is 2. The van der Waals surface area contributed by atoms with Crippen molar-refractivity contribution in [1.82, 2.24) is 5.32 Å². The molecule has 0 aromatic rings. The number of rotatable bonds is 5. The van der Waals surface area contributed by atoms with Gasteiger partial charge in [-0.1, -0.05) is 0 Å². The van der Waals surface area contributed by atoms with Gasteiger partial charge in [0.1, 0.15) is 0 Å². The highest BCUT2D eigenvalue weighted by Gasteiger charge is 2.43. The average Bonchev–Trinajstić information content (AvgIpc) is 2.87. The van der Waals surface area contributed by atoms with Gasteiger partial charge < -0.3 is 19.9 Å². The standard InChI is InChI=1S/C13H21NO5/c15-11(2-1-10-3-6-18-7-4-10)14-13(12(16)17)5-8-19-9-13/h10H,1-9H2,(H,14,15)(H,16,17). The average molecular weight is 271 g/mol. The normalized spacial score (nSPS) is 28.2. The van der Waals surface area contributed by atoms with Crippen molar-refractivity contribution in [3.8, 4) is 0 Å². The maximum absolute atomic E-state index is 11.9. The van der Waals surface area contributed by atoms with E-state index in [9.17, 15) is 14.7 Å².